The van der Waals surface area contributed by atoms with Crippen molar-refractivity contribution in [2.75, 3.05) is 18.1 Å². The van der Waals surface area contributed by atoms with Gasteiger partial charge in [-0.2, -0.15) is 0 Å². The van der Waals surface area contributed by atoms with E-state index in [2.05, 4.69) is 9.72 Å². The molecule has 1 aromatic heterocycles. The van der Waals surface area contributed by atoms with Crippen LogP contribution in [0, 0.1) is 0 Å². The number of aromatic nitrogens is 1. The molecule has 0 saturated carbocycles. The Morgan fingerprint density at radius 2 is 2.18 bits per heavy atom. The second kappa shape index (κ2) is 5.42. The highest BCUT2D eigenvalue weighted by atomic mass is 19.3. The van der Waals surface area contributed by atoms with Gasteiger partial charge >= 0.3 is 5.97 Å². The van der Waals surface area contributed by atoms with E-state index in [1.807, 2.05) is 0 Å². The number of pyridine rings is 1. The van der Waals surface area contributed by atoms with E-state index in [-0.39, 0.29) is 30.1 Å². The van der Waals surface area contributed by atoms with Gasteiger partial charge in [-0.25, -0.2) is 13.8 Å². The molecule has 17 heavy (non-hydrogen) atoms. The van der Waals surface area contributed by atoms with Crippen molar-refractivity contribution >= 4 is 17.5 Å². The number of ether oxygens (including phenoxy) is 1. The molecule has 0 aliphatic carbocycles. The number of rotatable bonds is 4. The Morgan fingerprint density at radius 3 is 2.71 bits per heavy atom. The predicted octanol–water partition coefficient (Wildman–Crippen LogP) is 1.29. The van der Waals surface area contributed by atoms with Crippen LogP contribution in [0.25, 0.3) is 0 Å². The third-order valence-electron chi connectivity index (χ3n) is 2.04. The quantitative estimate of drug-likeness (QED) is 0.780. The lowest BCUT2D eigenvalue weighted by molar-refractivity contribution is -0.142. The number of hydrogen-bond acceptors (Lipinski definition) is 5. The molecule has 1 heterocycles. The first-order valence-electron chi connectivity index (χ1n) is 4.94. The molecule has 7 heteroatoms. The Kier molecular flexibility index (Phi) is 4.19. The fourth-order valence-corrected chi connectivity index (χ4v) is 1.36. The first kappa shape index (κ1) is 13.1. The maximum atomic E-state index is 12.7. The van der Waals surface area contributed by atoms with Gasteiger partial charge in [0.15, 0.2) is 0 Å². The summed E-state index contributed by atoms with van der Waals surface area (Å²) in [6.07, 6.45) is -3.18. The van der Waals surface area contributed by atoms with Gasteiger partial charge in [0.25, 0.3) is 6.43 Å². The summed E-state index contributed by atoms with van der Waals surface area (Å²) >= 11 is 0. The number of anilines is 2. The smallest absolute Gasteiger partial charge is 0.310 e. The van der Waals surface area contributed by atoms with Crippen molar-refractivity contribution in [1.29, 1.82) is 0 Å². The molecule has 0 bridgehead atoms. The summed E-state index contributed by atoms with van der Waals surface area (Å²) in [5.74, 6) is -0.738. The first-order valence-corrected chi connectivity index (χ1v) is 4.94. The van der Waals surface area contributed by atoms with Gasteiger partial charge in [-0.15, -0.1) is 0 Å². The molecule has 1 aromatic rings. The number of hydrogen-bond donors (Lipinski definition) is 2. The van der Waals surface area contributed by atoms with Crippen molar-refractivity contribution in [3.63, 3.8) is 0 Å². The van der Waals surface area contributed by atoms with Gasteiger partial charge in [0.05, 0.1) is 13.0 Å². The second-order valence-corrected chi connectivity index (χ2v) is 3.28. The SMILES string of the molecule is CCOC(=O)Cc1c(N)cc(N)nc1C(F)F. The van der Waals surface area contributed by atoms with E-state index in [0.717, 1.165) is 0 Å². The van der Waals surface area contributed by atoms with Crippen LogP contribution >= 0.6 is 0 Å². The Labute approximate surface area is 96.8 Å². The highest BCUT2D eigenvalue weighted by Gasteiger charge is 2.20. The Morgan fingerprint density at radius 1 is 1.53 bits per heavy atom. The third-order valence-corrected chi connectivity index (χ3v) is 2.04. The van der Waals surface area contributed by atoms with Crippen LogP contribution in [-0.2, 0) is 16.0 Å². The number of carbonyl (C=O) groups excluding carboxylic acids is 1. The maximum Gasteiger partial charge on any atom is 0.310 e. The van der Waals surface area contributed by atoms with Crippen LogP contribution in [0.3, 0.4) is 0 Å². The lowest BCUT2D eigenvalue weighted by Gasteiger charge is -2.11. The molecule has 0 aliphatic heterocycles. The van der Waals surface area contributed by atoms with Gasteiger partial charge in [0.2, 0.25) is 0 Å². The molecule has 0 fully saturated rings. The van der Waals surface area contributed by atoms with Crippen molar-refractivity contribution in [1.82, 2.24) is 4.98 Å². The minimum Gasteiger partial charge on any atom is -0.466 e. The topological polar surface area (TPSA) is 91.2 Å². The van der Waals surface area contributed by atoms with Gasteiger partial charge < -0.3 is 16.2 Å². The van der Waals surface area contributed by atoms with Crippen LogP contribution in [0.4, 0.5) is 20.3 Å². The van der Waals surface area contributed by atoms with Crippen molar-refractivity contribution < 1.29 is 18.3 Å². The van der Waals surface area contributed by atoms with Crippen molar-refractivity contribution in [3.8, 4) is 0 Å². The molecule has 0 aromatic carbocycles. The van der Waals surface area contributed by atoms with Crippen LogP contribution in [0.15, 0.2) is 6.07 Å². The molecule has 0 atom stereocenters. The lowest BCUT2D eigenvalue weighted by Crippen LogP contribution is -2.13. The molecule has 94 valence electrons. The highest BCUT2D eigenvalue weighted by molar-refractivity contribution is 5.76. The molecular weight excluding hydrogens is 232 g/mol. The van der Waals surface area contributed by atoms with Gasteiger partial charge in [-0.1, -0.05) is 0 Å². The molecule has 5 nitrogen and oxygen atoms in total. The monoisotopic (exact) mass is 245 g/mol. The average Bonchev–Trinajstić information content (AvgIpc) is 2.21. The number of carbonyl (C=O) groups is 1. The number of nitrogen functional groups attached to an aromatic ring is 2. The van der Waals surface area contributed by atoms with Crippen molar-refractivity contribution in [2.24, 2.45) is 0 Å². The van der Waals surface area contributed by atoms with Crippen molar-refractivity contribution in [2.45, 2.75) is 19.8 Å². The normalized spacial score (nSPS) is 10.6. The van der Waals surface area contributed by atoms with Crippen LogP contribution in [0.1, 0.15) is 24.6 Å². The molecule has 0 aliphatic rings. The fourth-order valence-electron chi connectivity index (χ4n) is 1.36. The maximum absolute atomic E-state index is 12.7. The first-order chi connectivity index (χ1) is 7.95. The molecule has 0 unspecified atom stereocenters. The Balaban J connectivity index is 3.08. The summed E-state index contributed by atoms with van der Waals surface area (Å²) in [4.78, 5) is 14.7. The zero-order chi connectivity index (χ0) is 13.0. The summed E-state index contributed by atoms with van der Waals surface area (Å²) < 4.78 is 30.1. The second-order valence-electron chi connectivity index (χ2n) is 3.28. The standard InChI is InChI=1S/C10H13F2N3O2/c1-2-17-8(16)3-5-6(13)4-7(14)15-9(5)10(11)12/h4,10H,2-3H2,1H3,(H4,13,14,15). The van der Waals surface area contributed by atoms with Crippen molar-refractivity contribution in [3.05, 3.63) is 17.3 Å². The summed E-state index contributed by atoms with van der Waals surface area (Å²) in [6, 6.07) is 1.24. The van der Waals surface area contributed by atoms with E-state index in [9.17, 15) is 13.6 Å². The predicted molar refractivity (Wildman–Crippen MR) is 58.4 cm³/mol. The number of nitrogens with zero attached hydrogens (tertiary/aromatic N) is 1. The van der Waals surface area contributed by atoms with E-state index in [1.165, 1.54) is 6.07 Å². The summed E-state index contributed by atoms with van der Waals surface area (Å²) in [5.41, 5.74) is 10.3. The third kappa shape index (κ3) is 3.27. The zero-order valence-corrected chi connectivity index (χ0v) is 9.24. The van der Waals surface area contributed by atoms with Gasteiger partial charge in [-0.05, 0) is 6.92 Å². The van der Waals surface area contributed by atoms with Crippen LogP contribution in [0.5, 0.6) is 0 Å². The molecule has 4 N–H and O–H groups in total. The number of esters is 1. The molecule has 0 amide bonds. The highest BCUT2D eigenvalue weighted by Crippen LogP contribution is 2.27. The largest absolute Gasteiger partial charge is 0.466 e. The molecule has 0 spiro atoms. The number of halogens is 2. The summed E-state index contributed by atoms with van der Waals surface area (Å²) in [7, 11) is 0. The Bertz CT molecular complexity index is 424. The van der Waals surface area contributed by atoms with E-state index >= 15 is 0 Å². The number of alkyl halides is 2. The molecule has 0 radical (unpaired) electrons. The van der Waals surface area contributed by atoms with E-state index in [0.29, 0.717) is 0 Å². The number of nitrogens with two attached hydrogens (primary N) is 2. The van der Waals surface area contributed by atoms with Gasteiger partial charge in [-0.3, -0.25) is 4.79 Å². The molecular formula is C10H13F2N3O2. The molecule has 0 saturated heterocycles. The van der Waals surface area contributed by atoms with Crippen LogP contribution < -0.4 is 11.5 Å². The fraction of sp³-hybridized carbons (Fsp3) is 0.400. The summed E-state index contributed by atoms with van der Waals surface area (Å²) in [5, 5.41) is 0. The Hall–Kier alpha value is -1.92. The minimum atomic E-state index is -2.84. The minimum absolute atomic E-state index is 0.0147. The lowest BCUT2D eigenvalue weighted by atomic mass is 10.1. The van der Waals surface area contributed by atoms with E-state index in [4.69, 9.17) is 11.5 Å². The van der Waals surface area contributed by atoms with E-state index < -0.39 is 18.1 Å². The average molecular weight is 245 g/mol. The van der Waals surface area contributed by atoms with Crippen LogP contribution in [-0.4, -0.2) is 17.6 Å². The van der Waals surface area contributed by atoms with Crippen LogP contribution in [0.2, 0.25) is 0 Å². The zero-order valence-electron chi connectivity index (χ0n) is 9.24. The van der Waals surface area contributed by atoms with E-state index in [1.54, 1.807) is 6.92 Å². The summed E-state index contributed by atoms with van der Waals surface area (Å²) in [6.45, 7) is 1.79. The molecule has 1 rings (SSSR count). The van der Waals surface area contributed by atoms with Gasteiger partial charge in [0.1, 0.15) is 11.5 Å². The van der Waals surface area contributed by atoms with Gasteiger partial charge in [0, 0.05) is 17.3 Å².